The van der Waals surface area contributed by atoms with Gasteiger partial charge in [0, 0.05) is 10.8 Å². The van der Waals surface area contributed by atoms with Gasteiger partial charge in [-0.25, -0.2) is 9.78 Å². The van der Waals surface area contributed by atoms with E-state index in [1.165, 1.54) is 64.2 Å². The van der Waals surface area contributed by atoms with Gasteiger partial charge in [-0.15, -0.1) is 0 Å². The third-order valence-electron chi connectivity index (χ3n) is 13.0. The van der Waals surface area contributed by atoms with Crippen molar-refractivity contribution in [3.05, 3.63) is 0 Å². The standard InChI is InChI=1S/C28H46O4/c1-15(25(31-29)27(3)21-7-17-5-18(9-21)10-22(27)8-17)16(2)26(32-30)28(4)23-11-19-6-20(13-23)14-24(28)12-19/h15-26,29-30H,5-14H2,1-4H3. The van der Waals surface area contributed by atoms with Crippen LogP contribution >= 0.6 is 0 Å². The summed E-state index contributed by atoms with van der Waals surface area (Å²) in [5.74, 6) is 6.52. The predicted molar refractivity (Wildman–Crippen MR) is 124 cm³/mol. The highest BCUT2D eigenvalue weighted by Gasteiger charge is 2.63. The summed E-state index contributed by atoms with van der Waals surface area (Å²) in [6.45, 7) is 9.35. The van der Waals surface area contributed by atoms with E-state index in [2.05, 4.69) is 27.7 Å². The van der Waals surface area contributed by atoms with E-state index in [1.54, 1.807) is 0 Å². The molecule has 32 heavy (non-hydrogen) atoms. The van der Waals surface area contributed by atoms with Crippen LogP contribution in [0.4, 0.5) is 0 Å². The summed E-state index contributed by atoms with van der Waals surface area (Å²) in [7, 11) is 0. The van der Waals surface area contributed by atoms with E-state index < -0.39 is 0 Å². The maximum atomic E-state index is 10.3. The lowest BCUT2D eigenvalue weighted by Crippen LogP contribution is -2.62. The van der Waals surface area contributed by atoms with Crippen molar-refractivity contribution in [1.82, 2.24) is 0 Å². The van der Waals surface area contributed by atoms with Crippen molar-refractivity contribution >= 4 is 0 Å². The van der Waals surface area contributed by atoms with E-state index in [0.717, 1.165) is 23.7 Å². The van der Waals surface area contributed by atoms with Gasteiger partial charge in [-0.3, -0.25) is 10.5 Å². The zero-order chi connectivity index (χ0) is 22.4. The second-order valence-electron chi connectivity index (χ2n) is 14.1. The molecule has 0 heterocycles. The van der Waals surface area contributed by atoms with E-state index in [0.29, 0.717) is 23.7 Å². The molecular weight excluding hydrogens is 400 g/mol. The largest absolute Gasteiger partial charge is 0.252 e. The molecule has 4 atom stereocenters. The molecule has 4 heteroatoms. The summed E-state index contributed by atoms with van der Waals surface area (Å²) in [6, 6.07) is 0. The van der Waals surface area contributed by atoms with E-state index >= 15 is 0 Å². The number of hydrogen-bond donors (Lipinski definition) is 2. The van der Waals surface area contributed by atoms with E-state index in [9.17, 15) is 10.5 Å². The third kappa shape index (κ3) is 2.94. The zero-order valence-electron chi connectivity index (χ0n) is 20.7. The highest BCUT2D eigenvalue weighted by molar-refractivity contribution is 5.11. The Morgan fingerprint density at radius 1 is 0.531 bits per heavy atom. The van der Waals surface area contributed by atoms with Gasteiger partial charge >= 0.3 is 0 Å². The topological polar surface area (TPSA) is 58.9 Å². The molecule has 4 unspecified atom stereocenters. The quantitative estimate of drug-likeness (QED) is 0.330. The molecule has 8 fully saturated rings. The second-order valence-corrected chi connectivity index (χ2v) is 14.1. The molecule has 0 aromatic heterocycles. The second kappa shape index (κ2) is 7.67. The third-order valence-corrected chi connectivity index (χ3v) is 13.0. The van der Waals surface area contributed by atoms with Crippen LogP contribution in [0.25, 0.3) is 0 Å². The molecule has 8 bridgehead atoms. The molecule has 0 aromatic rings. The molecule has 0 amide bonds. The molecular formula is C28H46O4. The Balaban J connectivity index is 1.26. The van der Waals surface area contributed by atoms with E-state index in [-0.39, 0.29) is 34.9 Å². The van der Waals surface area contributed by atoms with Gasteiger partial charge in [0.25, 0.3) is 0 Å². The summed E-state index contributed by atoms with van der Waals surface area (Å²) < 4.78 is 0. The Kier molecular flexibility index (Phi) is 5.35. The van der Waals surface area contributed by atoms with Crippen molar-refractivity contribution < 1.29 is 20.3 Å². The van der Waals surface area contributed by atoms with Gasteiger partial charge in [0.15, 0.2) is 0 Å². The van der Waals surface area contributed by atoms with Gasteiger partial charge in [0.1, 0.15) is 12.2 Å². The number of hydrogen-bond acceptors (Lipinski definition) is 4. The van der Waals surface area contributed by atoms with Crippen molar-refractivity contribution in [2.24, 2.45) is 70.0 Å². The zero-order valence-corrected chi connectivity index (χ0v) is 20.7. The molecule has 8 saturated carbocycles. The Bertz CT molecular complexity index is 602. The highest BCUT2D eigenvalue weighted by Crippen LogP contribution is 2.67. The summed E-state index contributed by atoms with van der Waals surface area (Å²) in [6.07, 6.45) is 13.0. The SMILES string of the molecule is CC(C(C)C(OO)C1(C)C2CC3CC(C2)CC1C3)C(OO)C1(C)C2CC3CC(C2)CC1C3. The van der Waals surface area contributed by atoms with Gasteiger partial charge < -0.3 is 0 Å². The van der Waals surface area contributed by atoms with Crippen molar-refractivity contribution in [1.29, 1.82) is 0 Å². The fourth-order valence-corrected chi connectivity index (χ4v) is 11.4. The van der Waals surface area contributed by atoms with Crippen molar-refractivity contribution in [2.45, 2.75) is 104 Å². The van der Waals surface area contributed by atoms with Crippen LogP contribution in [0.1, 0.15) is 91.9 Å². The predicted octanol–water partition coefficient (Wildman–Crippen LogP) is 6.90. The minimum absolute atomic E-state index is 0.0286. The van der Waals surface area contributed by atoms with Crippen LogP contribution in [0.2, 0.25) is 0 Å². The molecule has 0 saturated heterocycles. The molecule has 8 aliphatic carbocycles. The van der Waals surface area contributed by atoms with Crippen LogP contribution in [-0.2, 0) is 9.78 Å². The van der Waals surface area contributed by atoms with Crippen LogP contribution < -0.4 is 0 Å². The molecule has 4 nitrogen and oxygen atoms in total. The van der Waals surface area contributed by atoms with Crippen molar-refractivity contribution in [3.63, 3.8) is 0 Å². The van der Waals surface area contributed by atoms with Gasteiger partial charge in [0.2, 0.25) is 0 Å². The van der Waals surface area contributed by atoms with Crippen LogP contribution in [0.3, 0.4) is 0 Å². The van der Waals surface area contributed by atoms with Gasteiger partial charge in [0.05, 0.1) is 0 Å². The van der Waals surface area contributed by atoms with Gasteiger partial charge in [-0.05, 0) is 123 Å². The highest BCUT2D eigenvalue weighted by atomic mass is 17.1. The van der Waals surface area contributed by atoms with Gasteiger partial charge in [-0.2, -0.15) is 0 Å². The van der Waals surface area contributed by atoms with Gasteiger partial charge in [-0.1, -0.05) is 27.7 Å². The minimum Gasteiger partial charge on any atom is -0.252 e. The lowest BCUT2D eigenvalue weighted by atomic mass is 9.42. The van der Waals surface area contributed by atoms with Crippen LogP contribution in [0, 0.1) is 70.0 Å². The summed E-state index contributed by atoms with van der Waals surface area (Å²) >= 11 is 0. The lowest BCUT2D eigenvalue weighted by Gasteiger charge is -2.64. The van der Waals surface area contributed by atoms with Crippen LogP contribution in [0.5, 0.6) is 0 Å². The van der Waals surface area contributed by atoms with E-state index in [1.807, 2.05) is 0 Å². The average Bonchev–Trinajstić information content (AvgIpc) is 2.75. The van der Waals surface area contributed by atoms with Crippen molar-refractivity contribution in [2.75, 3.05) is 0 Å². The molecule has 0 spiro atoms. The van der Waals surface area contributed by atoms with Crippen LogP contribution in [-0.4, -0.2) is 22.7 Å². The molecule has 8 aliphatic rings. The molecule has 0 radical (unpaired) electrons. The maximum absolute atomic E-state index is 10.3. The maximum Gasteiger partial charge on any atom is 0.101 e. The first-order chi connectivity index (χ1) is 15.3. The fourth-order valence-electron chi connectivity index (χ4n) is 11.4. The monoisotopic (exact) mass is 446 g/mol. The lowest BCUT2D eigenvalue weighted by molar-refractivity contribution is -0.364. The van der Waals surface area contributed by atoms with E-state index in [4.69, 9.17) is 9.78 Å². The average molecular weight is 447 g/mol. The Labute approximate surface area is 194 Å². The summed E-state index contributed by atoms with van der Waals surface area (Å²) in [5.41, 5.74) is 0.0572. The first-order valence-corrected chi connectivity index (χ1v) is 13.9. The molecule has 0 aliphatic heterocycles. The fraction of sp³-hybridized carbons (Fsp3) is 1.00. The molecule has 8 rings (SSSR count). The smallest absolute Gasteiger partial charge is 0.101 e. The Morgan fingerprint density at radius 2 is 0.781 bits per heavy atom. The Morgan fingerprint density at radius 3 is 1.00 bits per heavy atom. The first-order valence-electron chi connectivity index (χ1n) is 13.9. The minimum atomic E-state index is -0.189. The Hall–Kier alpha value is -0.160. The molecule has 182 valence electrons. The van der Waals surface area contributed by atoms with Crippen LogP contribution in [0.15, 0.2) is 0 Å². The normalized spacial score (nSPS) is 54.6. The molecule has 2 N–H and O–H groups in total. The summed E-state index contributed by atoms with van der Waals surface area (Å²) in [4.78, 5) is 10.9. The summed E-state index contributed by atoms with van der Waals surface area (Å²) in [5, 5.41) is 20.6. The first kappa shape index (κ1) is 22.3. The number of rotatable bonds is 7. The molecule has 0 aromatic carbocycles. The van der Waals surface area contributed by atoms with Crippen molar-refractivity contribution in [3.8, 4) is 0 Å².